The summed E-state index contributed by atoms with van der Waals surface area (Å²) in [6.45, 7) is 17.0. The molecule has 3 aliphatic heterocycles. The van der Waals surface area contributed by atoms with Crippen LogP contribution in [0.3, 0.4) is 0 Å². The lowest BCUT2D eigenvalue weighted by Gasteiger charge is -2.37. The Hall–Kier alpha value is -6.00. The topological polar surface area (TPSA) is 157 Å². The standard InChI is InChI=1S/C54H71N9O6/c1-11-48(65)61-21-19-39(30-61)56-60(10)49(33(3)4)51(66)55-45-24-34-22-38(26-41(64)23-34)35-17-18-46-42(27-35)43(29-54(5,6)32-69-53(68)44-14-13-20-63(57-44)52(45)67)50(62(46)12-2)37-16-15-36-25-40(31-58(7)8)59(9)47(36)28-37/h11,15-18,22-23,25-28,33,39,44-45,49,56-57,64H,1,12-14,19-21,24,29-32H2,2-10H3,(H,55,66)/t39-,44-,45-,49-/m0/s1. The van der Waals surface area contributed by atoms with Gasteiger partial charge in [0.15, 0.2) is 0 Å². The number of phenols is 1. The molecule has 8 rings (SSSR count). The van der Waals surface area contributed by atoms with Crippen LogP contribution in [0.15, 0.2) is 73.3 Å². The molecule has 0 saturated carbocycles. The molecular formula is C54H71N9O6. The van der Waals surface area contributed by atoms with E-state index in [-0.39, 0.29) is 42.6 Å². The lowest BCUT2D eigenvalue weighted by molar-refractivity contribution is -0.155. The molecule has 4 N–H and O–H groups in total. The van der Waals surface area contributed by atoms with Gasteiger partial charge in [-0.25, -0.2) is 15.9 Å². The van der Waals surface area contributed by atoms with E-state index in [0.717, 1.165) is 57.5 Å². The molecular weight excluding hydrogens is 871 g/mol. The Balaban J connectivity index is 1.19. The van der Waals surface area contributed by atoms with E-state index in [2.05, 4.69) is 121 Å². The fourth-order valence-electron chi connectivity index (χ4n) is 10.8. The second kappa shape index (κ2) is 20.2. The number of hydrazine groups is 2. The number of aromatic nitrogens is 2. The van der Waals surface area contributed by atoms with E-state index >= 15 is 0 Å². The fourth-order valence-corrected chi connectivity index (χ4v) is 10.8. The Kier molecular flexibility index (Phi) is 14.4. The normalized spacial score (nSPS) is 20.5. The molecule has 3 aromatic carbocycles. The van der Waals surface area contributed by atoms with Crippen LogP contribution in [0.25, 0.3) is 44.2 Å². The van der Waals surface area contributed by atoms with Crippen molar-refractivity contribution in [3.63, 3.8) is 0 Å². The Labute approximate surface area is 406 Å². The predicted molar refractivity (Wildman–Crippen MR) is 271 cm³/mol. The molecule has 2 fully saturated rings. The minimum Gasteiger partial charge on any atom is -0.508 e. The lowest BCUT2D eigenvalue weighted by atomic mass is 9.84. The van der Waals surface area contributed by atoms with Gasteiger partial charge in [-0.15, -0.1) is 0 Å². The summed E-state index contributed by atoms with van der Waals surface area (Å²) < 4.78 is 10.8. The molecule has 0 radical (unpaired) electrons. The van der Waals surface area contributed by atoms with Crippen molar-refractivity contribution < 1.29 is 29.0 Å². The average molecular weight is 942 g/mol. The van der Waals surface area contributed by atoms with Crippen LogP contribution in [0.4, 0.5) is 0 Å². The molecule has 15 nitrogen and oxygen atoms in total. The maximum Gasteiger partial charge on any atom is 0.324 e. The number of ether oxygens (including phenoxy) is 1. The zero-order valence-electron chi connectivity index (χ0n) is 41.9. The van der Waals surface area contributed by atoms with Gasteiger partial charge in [0.1, 0.15) is 23.9 Å². The van der Waals surface area contributed by atoms with Crippen molar-refractivity contribution in [3.8, 4) is 28.1 Å². The Bertz CT molecular complexity index is 2770. The number of nitrogens with zero attached hydrogens (tertiary/aromatic N) is 6. The van der Waals surface area contributed by atoms with Crippen molar-refractivity contribution in [1.82, 2.24) is 45.1 Å². The van der Waals surface area contributed by atoms with Gasteiger partial charge in [0, 0.05) is 92.4 Å². The molecule has 5 aromatic rings. The third kappa shape index (κ3) is 10.5. The van der Waals surface area contributed by atoms with Gasteiger partial charge in [-0.2, -0.15) is 0 Å². The van der Waals surface area contributed by atoms with E-state index in [1.54, 1.807) is 22.0 Å². The summed E-state index contributed by atoms with van der Waals surface area (Å²) in [6.07, 6.45) is 3.72. The summed E-state index contributed by atoms with van der Waals surface area (Å²) in [6, 6.07) is 18.2. The van der Waals surface area contributed by atoms with Crippen molar-refractivity contribution in [2.45, 2.75) is 104 Å². The van der Waals surface area contributed by atoms with Gasteiger partial charge in [-0.05, 0) is 123 Å². The molecule has 0 spiro atoms. The maximum atomic E-state index is 14.8. The highest BCUT2D eigenvalue weighted by atomic mass is 16.5. The summed E-state index contributed by atoms with van der Waals surface area (Å²) >= 11 is 0. The van der Waals surface area contributed by atoms with E-state index in [1.807, 2.05) is 27.0 Å². The smallest absolute Gasteiger partial charge is 0.324 e. The van der Waals surface area contributed by atoms with Crippen molar-refractivity contribution in [3.05, 3.63) is 90.1 Å². The van der Waals surface area contributed by atoms with Gasteiger partial charge in [-0.1, -0.05) is 58.5 Å². The Morgan fingerprint density at radius 3 is 2.48 bits per heavy atom. The number of cyclic esters (lactones) is 1. The van der Waals surface area contributed by atoms with Gasteiger partial charge >= 0.3 is 5.97 Å². The summed E-state index contributed by atoms with van der Waals surface area (Å²) in [5.74, 6) is -1.46. The van der Waals surface area contributed by atoms with Gasteiger partial charge in [0.25, 0.3) is 5.91 Å². The Morgan fingerprint density at radius 1 is 0.986 bits per heavy atom. The molecule has 0 aliphatic carbocycles. The second-order valence-electron chi connectivity index (χ2n) is 20.8. The highest BCUT2D eigenvalue weighted by Crippen LogP contribution is 2.41. The zero-order chi connectivity index (χ0) is 49.5. The van der Waals surface area contributed by atoms with Crippen molar-refractivity contribution in [1.29, 1.82) is 0 Å². The van der Waals surface area contributed by atoms with Gasteiger partial charge in [0.2, 0.25) is 11.8 Å². The second-order valence-corrected chi connectivity index (χ2v) is 20.8. The molecule has 3 amide bonds. The molecule has 15 heteroatoms. The van der Waals surface area contributed by atoms with E-state index in [9.17, 15) is 24.3 Å². The number of phenolic OH excluding ortho intramolecular Hbond substituents is 1. The van der Waals surface area contributed by atoms with Crippen molar-refractivity contribution >= 4 is 45.5 Å². The number of aryl methyl sites for hydroxylation is 2. The number of rotatable bonds is 11. The first kappa shape index (κ1) is 49.4. The van der Waals surface area contributed by atoms with Crippen LogP contribution in [-0.4, -0.2) is 129 Å². The number of nitrogens with one attached hydrogen (secondary N) is 3. The summed E-state index contributed by atoms with van der Waals surface area (Å²) in [5, 5.41) is 20.0. The number of carbonyl (C=O) groups excluding carboxylic acids is 4. The SMILES string of the molecule is C=CC(=O)N1CC[C@H](NN(C)[C@H](C(=O)N[C@H]2Cc3cc(O)cc(c3)-c3ccc4c(c3)c(c(-c3ccc5cc(CN(C)C)n(C)c5c3)n4CC)CC(C)(C)COC(=O)[C@@H]3CCCN(N3)C2=O)C(C)C)C1. The number of amides is 3. The summed E-state index contributed by atoms with van der Waals surface area (Å²) in [4.78, 5) is 59.5. The molecule has 4 atom stereocenters. The van der Waals surface area contributed by atoms with E-state index in [0.29, 0.717) is 50.9 Å². The number of fused-ring (bicyclic) bond motifs is 7. The number of likely N-dealkylation sites (tertiary alicyclic amines) is 1. The predicted octanol–water partition coefficient (Wildman–Crippen LogP) is 6.15. The maximum absolute atomic E-state index is 14.8. The van der Waals surface area contributed by atoms with Crippen LogP contribution in [-0.2, 0) is 56.9 Å². The number of likely N-dealkylation sites (N-methyl/N-ethyl adjacent to an activating group) is 1. The quantitative estimate of drug-likeness (QED) is 0.0689. The number of hydrogen-bond donors (Lipinski definition) is 4. The van der Waals surface area contributed by atoms with Crippen molar-refractivity contribution in [2.24, 2.45) is 18.4 Å². The monoisotopic (exact) mass is 942 g/mol. The largest absolute Gasteiger partial charge is 0.508 e. The first-order chi connectivity index (χ1) is 32.8. The molecule has 5 heterocycles. The van der Waals surface area contributed by atoms with Crippen molar-refractivity contribution in [2.75, 3.05) is 47.4 Å². The minimum absolute atomic E-state index is 0.0376. The number of benzene rings is 3. The molecule has 0 unspecified atom stereocenters. The third-order valence-electron chi connectivity index (χ3n) is 14.1. The first-order valence-electron chi connectivity index (χ1n) is 24.5. The molecule has 2 saturated heterocycles. The van der Waals surface area contributed by atoms with Crippen LogP contribution < -0.4 is 16.2 Å². The number of carbonyl (C=O) groups is 4. The number of aromatic hydroxyl groups is 1. The molecule has 6 bridgehead atoms. The lowest BCUT2D eigenvalue weighted by Crippen LogP contribution is -2.63. The molecule has 3 aliphatic rings. The highest BCUT2D eigenvalue weighted by Gasteiger charge is 2.38. The van der Waals surface area contributed by atoms with E-state index < -0.39 is 35.4 Å². The summed E-state index contributed by atoms with van der Waals surface area (Å²) in [7, 11) is 8.09. The van der Waals surface area contributed by atoms with Gasteiger partial charge in [0.05, 0.1) is 12.3 Å². The van der Waals surface area contributed by atoms with Crippen LogP contribution in [0.5, 0.6) is 5.75 Å². The number of hydrogen-bond acceptors (Lipinski definition) is 10. The van der Waals surface area contributed by atoms with Crippen LogP contribution >= 0.6 is 0 Å². The third-order valence-corrected chi connectivity index (χ3v) is 14.1. The summed E-state index contributed by atoms with van der Waals surface area (Å²) in [5.41, 5.74) is 15.2. The van der Waals surface area contributed by atoms with Gasteiger partial charge < -0.3 is 34.1 Å². The van der Waals surface area contributed by atoms with Crippen LogP contribution in [0.1, 0.15) is 70.7 Å². The minimum atomic E-state index is -1.06. The van der Waals surface area contributed by atoms with Gasteiger partial charge in [-0.3, -0.25) is 24.2 Å². The fraction of sp³-hybridized carbons (Fsp3) is 0.481. The van der Waals surface area contributed by atoms with E-state index in [4.69, 9.17) is 4.74 Å². The first-order valence-corrected chi connectivity index (χ1v) is 24.5. The Morgan fingerprint density at radius 2 is 1.75 bits per heavy atom. The molecule has 69 heavy (non-hydrogen) atoms. The van der Waals surface area contributed by atoms with E-state index in [1.165, 1.54) is 22.2 Å². The highest BCUT2D eigenvalue weighted by molar-refractivity contribution is 5.97. The molecule has 368 valence electrons. The molecule has 2 aromatic heterocycles. The number of esters is 1. The average Bonchev–Trinajstić information content (AvgIpc) is 3.99. The zero-order valence-corrected chi connectivity index (χ0v) is 41.9. The van der Waals surface area contributed by atoms with Crippen LogP contribution in [0, 0.1) is 11.3 Å². The van der Waals surface area contributed by atoms with Crippen LogP contribution in [0.2, 0.25) is 0 Å².